The molecule has 0 heterocycles. The lowest BCUT2D eigenvalue weighted by molar-refractivity contribution is 0.0537. The highest BCUT2D eigenvalue weighted by molar-refractivity contribution is 8.00. The fraction of sp³-hybridized carbons (Fsp3) is 0.250. The molecule has 7 heteroatoms. The maximum atomic E-state index is 12.8. The van der Waals surface area contributed by atoms with Gasteiger partial charge in [-0.15, -0.1) is 0 Å². The predicted octanol–water partition coefficient (Wildman–Crippen LogP) is 5.21. The maximum Gasteiger partial charge on any atom is 0.342 e. The van der Waals surface area contributed by atoms with E-state index in [0.717, 1.165) is 0 Å². The molecule has 0 unspecified atom stereocenters. The minimum atomic E-state index is -3.70. The van der Waals surface area contributed by atoms with Gasteiger partial charge >= 0.3 is 5.25 Å². The zero-order valence-corrected chi connectivity index (χ0v) is 10.1. The molecule has 0 aliphatic rings. The highest BCUT2D eigenvalue weighted by Crippen LogP contribution is 2.42. The van der Waals surface area contributed by atoms with E-state index in [0.29, 0.717) is 0 Å². The number of hydrogen-bond donors (Lipinski definition) is 0. The molecule has 0 aromatic heterocycles. The molecule has 0 aliphatic carbocycles. The summed E-state index contributed by atoms with van der Waals surface area (Å²) in [6, 6.07) is 3.89. The van der Waals surface area contributed by atoms with Crippen LogP contribution in [0.2, 0.25) is 10.0 Å². The molecule has 0 fully saturated rings. The predicted molar refractivity (Wildman–Crippen MR) is 58.0 cm³/mol. The first kappa shape index (κ1) is 13.3. The van der Waals surface area contributed by atoms with Gasteiger partial charge in [-0.2, -0.15) is 8.78 Å². The number of benzene rings is 1. The van der Waals surface area contributed by atoms with Crippen molar-refractivity contribution in [1.82, 2.24) is 0 Å². The highest BCUT2D eigenvalue weighted by Gasteiger charge is 2.40. The second-order valence-corrected chi connectivity index (χ2v) is 4.96. The van der Waals surface area contributed by atoms with Crippen molar-refractivity contribution in [2.75, 3.05) is 0 Å². The van der Waals surface area contributed by atoms with E-state index >= 15 is 0 Å². The van der Waals surface area contributed by atoms with Gasteiger partial charge in [-0.25, -0.2) is 4.39 Å². The van der Waals surface area contributed by atoms with Crippen LogP contribution >= 0.6 is 46.6 Å². The zero-order chi connectivity index (χ0) is 11.6. The Morgan fingerprint density at radius 3 is 2.27 bits per heavy atom. The van der Waals surface area contributed by atoms with Gasteiger partial charge in [-0.3, -0.25) is 0 Å². The van der Waals surface area contributed by atoms with Crippen molar-refractivity contribution >= 4 is 46.6 Å². The van der Waals surface area contributed by atoms with Crippen LogP contribution in [0.3, 0.4) is 0 Å². The van der Waals surface area contributed by atoms with Gasteiger partial charge in [0.15, 0.2) is 0 Å². The first-order valence-corrected chi connectivity index (χ1v) is 5.64. The Balaban J connectivity index is 2.86. The summed E-state index contributed by atoms with van der Waals surface area (Å²) < 4.78 is 38.0. The fourth-order valence-corrected chi connectivity index (χ4v) is 1.95. The van der Waals surface area contributed by atoms with E-state index in [9.17, 15) is 13.2 Å². The standard InChI is InChI=1S/C8H4Cl3F3S/c9-5-2-1-4(3-6(5)10)15-8(13,14)7(11)12/h1-3,7H/t7-/m1/s1. The van der Waals surface area contributed by atoms with Gasteiger partial charge in [0.1, 0.15) is 0 Å². The van der Waals surface area contributed by atoms with Crippen molar-refractivity contribution in [2.24, 2.45) is 0 Å². The Morgan fingerprint density at radius 2 is 1.80 bits per heavy atom. The fourth-order valence-electron chi connectivity index (χ4n) is 0.742. The van der Waals surface area contributed by atoms with Crippen LogP contribution in [0, 0.1) is 0 Å². The molecular weight excluding hydrogens is 292 g/mol. The quantitative estimate of drug-likeness (QED) is 0.544. The largest absolute Gasteiger partial charge is 0.342 e. The van der Waals surface area contributed by atoms with Gasteiger partial charge in [0.2, 0.25) is 5.63 Å². The van der Waals surface area contributed by atoms with Crippen LogP contribution in [0.15, 0.2) is 23.1 Å². The molecule has 0 spiro atoms. The lowest BCUT2D eigenvalue weighted by Crippen LogP contribution is -2.20. The van der Waals surface area contributed by atoms with Crippen LogP contribution in [0.4, 0.5) is 13.2 Å². The number of halogens is 6. The van der Waals surface area contributed by atoms with E-state index in [1.165, 1.54) is 18.2 Å². The molecule has 1 rings (SSSR count). The maximum absolute atomic E-state index is 12.8. The first-order valence-electron chi connectivity index (χ1n) is 3.63. The third kappa shape index (κ3) is 3.63. The van der Waals surface area contributed by atoms with Crippen LogP contribution in [0.1, 0.15) is 0 Å². The van der Waals surface area contributed by atoms with Gasteiger partial charge in [0.05, 0.1) is 10.0 Å². The highest BCUT2D eigenvalue weighted by atomic mass is 35.5. The van der Waals surface area contributed by atoms with Crippen LogP contribution in [0.5, 0.6) is 0 Å². The summed E-state index contributed by atoms with van der Waals surface area (Å²) in [5.74, 6) is 0. The number of thioether (sulfide) groups is 1. The number of hydrogen-bond acceptors (Lipinski definition) is 1. The van der Waals surface area contributed by atoms with Crippen LogP contribution < -0.4 is 0 Å². The Kier molecular flexibility index (Phi) is 4.47. The van der Waals surface area contributed by atoms with E-state index in [2.05, 4.69) is 0 Å². The third-order valence-corrected chi connectivity index (χ3v) is 3.51. The Hall–Kier alpha value is 0.230. The zero-order valence-electron chi connectivity index (χ0n) is 6.99. The lowest BCUT2D eigenvalue weighted by Gasteiger charge is -2.15. The van der Waals surface area contributed by atoms with Gasteiger partial charge in [-0.1, -0.05) is 34.8 Å². The molecule has 0 nitrogen and oxygen atoms in total. The molecule has 0 saturated carbocycles. The Bertz CT molecular complexity index is 357. The molecule has 0 N–H and O–H groups in total. The molecule has 0 saturated heterocycles. The molecule has 1 aromatic rings. The average molecular weight is 296 g/mol. The molecule has 0 aliphatic heterocycles. The van der Waals surface area contributed by atoms with Crippen molar-refractivity contribution in [1.29, 1.82) is 0 Å². The second-order valence-electron chi connectivity index (χ2n) is 2.54. The molecule has 0 amide bonds. The van der Waals surface area contributed by atoms with Crippen LogP contribution in [0.25, 0.3) is 0 Å². The van der Waals surface area contributed by atoms with E-state index in [4.69, 9.17) is 34.8 Å². The minimum absolute atomic E-state index is 0.00651. The van der Waals surface area contributed by atoms with Gasteiger partial charge < -0.3 is 0 Å². The molecule has 1 aromatic carbocycles. The number of rotatable bonds is 3. The average Bonchev–Trinajstić information content (AvgIpc) is 2.10. The molecule has 1 atom stereocenters. The minimum Gasteiger partial charge on any atom is -0.222 e. The summed E-state index contributed by atoms with van der Waals surface area (Å²) >= 11 is 15.9. The molecule has 0 radical (unpaired) electrons. The van der Waals surface area contributed by atoms with Crippen molar-refractivity contribution in [2.45, 2.75) is 15.8 Å². The monoisotopic (exact) mass is 294 g/mol. The number of alkyl halides is 4. The molecule has 84 valence electrons. The lowest BCUT2D eigenvalue weighted by atomic mass is 10.4. The topological polar surface area (TPSA) is 0 Å². The van der Waals surface area contributed by atoms with Crippen molar-refractivity contribution in [3.8, 4) is 0 Å². The smallest absolute Gasteiger partial charge is 0.222 e. The van der Waals surface area contributed by atoms with Gasteiger partial charge in [-0.05, 0) is 30.0 Å². The molecular formula is C8H4Cl3F3S. The second kappa shape index (κ2) is 5.04. The van der Waals surface area contributed by atoms with Crippen molar-refractivity contribution < 1.29 is 13.2 Å². The van der Waals surface area contributed by atoms with E-state index in [-0.39, 0.29) is 26.7 Å². The molecule has 15 heavy (non-hydrogen) atoms. The normalized spacial score (nSPS) is 14.0. The van der Waals surface area contributed by atoms with Crippen molar-refractivity contribution in [3.05, 3.63) is 28.2 Å². The SMILES string of the molecule is F[C@@H](Cl)C(F)(F)Sc1ccc(Cl)c(Cl)c1. The van der Waals surface area contributed by atoms with E-state index < -0.39 is 10.9 Å². The summed E-state index contributed by atoms with van der Waals surface area (Å²) in [6.45, 7) is 0. The molecule has 0 bridgehead atoms. The van der Waals surface area contributed by atoms with Crippen LogP contribution in [-0.4, -0.2) is 10.9 Å². The van der Waals surface area contributed by atoms with Crippen molar-refractivity contribution in [3.63, 3.8) is 0 Å². The summed E-state index contributed by atoms with van der Waals surface area (Å²) in [5, 5.41) is -3.33. The Morgan fingerprint density at radius 1 is 1.20 bits per heavy atom. The van der Waals surface area contributed by atoms with Gasteiger partial charge in [0.25, 0.3) is 0 Å². The summed E-state index contributed by atoms with van der Waals surface area (Å²) in [5.41, 5.74) is -2.75. The van der Waals surface area contributed by atoms with Crippen LogP contribution in [-0.2, 0) is 0 Å². The van der Waals surface area contributed by atoms with E-state index in [1.54, 1.807) is 0 Å². The van der Waals surface area contributed by atoms with Gasteiger partial charge in [0, 0.05) is 4.90 Å². The van der Waals surface area contributed by atoms with E-state index in [1.807, 2.05) is 0 Å². The first-order chi connectivity index (χ1) is 6.83. The summed E-state index contributed by atoms with van der Waals surface area (Å²) in [4.78, 5) is 0.0951. The Labute approximate surface area is 104 Å². The third-order valence-electron chi connectivity index (χ3n) is 1.40. The summed E-state index contributed by atoms with van der Waals surface area (Å²) in [7, 11) is 0. The summed E-state index contributed by atoms with van der Waals surface area (Å²) in [6.07, 6.45) is 0.